The molecule has 0 saturated carbocycles. The molecule has 0 amide bonds. The average Bonchev–Trinajstić information content (AvgIpc) is 2.42. The van der Waals surface area contributed by atoms with Gasteiger partial charge in [-0.1, -0.05) is 13.0 Å². The van der Waals surface area contributed by atoms with Gasteiger partial charge in [0.15, 0.2) is 11.6 Å². The average molecular weight is 339 g/mol. The zero-order valence-corrected chi connectivity index (χ0v) is 12.9. The lowest BCUT2D eigenvalue weighted by atomic mass is 10.2. The van der Waals surface area contributed by atoms with Crippen LogP contribution in [0.2, 0.25) is 0 Å². The lowest BCUT2D eigenvalue weighted by molar-refractivity contribution is 0.217. The topological polar surface area (TPSA) is 34.1 Å². The molecule has 0 saturated heterocycles. The molecular weight excluding hydrogens is 323 g/mol. The van der Waals surface area contributed by atoms with Crippen molar-refractivity contribution in [2.24, 2.45) is 0 Å². The van der Waals surface area contributed by atoms with Crippen molar-refractivity contribution >= 4 is 27.4 Å². The molecule has 1 N–H and O–H groups in total. The van der Waals surface area contributed by atoms with E-state index in [1.807, 2.05) is 31.2 Å². The van der Waals surface area contributed by atoms with Crippen molar-refractivity contribution in [3.63, 3.8) is 0 Å². The first kappa shape index (κ1) is 14.8. The summed E-state index contributed by atoms with van der Waals surface area (Å²) in [7, 11) is 0. The SMILES string of the molecule is CCC(C)Oc1cccc(Nc2ncc(Br)cc2F)c1. The maximum atomic E-state index is 13.7. The number of benzene rings is 1. The molecule has 2 aromatic rings. The van der Waals surface area contributed by atoms with Gasteiger partial charge < -0.3 is 10.1 Å². The second-order valence-electron chi connectivity index (χ2n) is 4.47. The first-order valence-electron chi connectivity index (χ1n) is 6.43. The molecule has 1 aromatic carbocycles. The highest BCUT2D eigenvalue weighted by atomic mass is 79.9. The van der Waals surface area contributed by atoms with Crippen molar-refractivity contribution in [1.29, 1.82) is 0 Å². The minimum absolute atomic E-state index is 0.146. The molecule has 2 rings (SSSR count). The summed E-state index contributed by atoms with van der Waals surface area (Å²) in [5.41, 5.74) is 0.736. The Labute approximate surface area is 126 Å². The first-order chi connectivity index (χ1) is 9.58. The van der Waals surface area contributed by atoms with Crippen molar-refractivity contribution in [2.75, 3.05) is 5.32 Å². The highest BCUT2D eigenvalue weighted by molar-refractivity contribution is 9.10. The van der Waals surface area contributed by atoms with E-state index in [1.54, 1.807) is 6.20 Å². The second kappa shape index (κ2) is 6.70. The Hall–Kier alpha value is -1.62. The highest BCUT2D eigenvalue weighted by Crippen LogP contribution is 2.24. The quantitative estimate of drug-likeness (QED) is 0.841. The molecule has 0 aliphatic rings. The van der Waals surface area contributed by atoms with Gasteiger partial charge in [-0.25, -0.2) is 9.37 Å². The maximum Gasteiger partial charge on any atom is 0.166 e. The highest BCUT2D eigenvalue weighted by Gasteiger charge is 2.06. The van der Waals surface area contributed by atoms with Crippen LogP contribution in [0.1, 0.15) is 20.3 Å². The summed E-state index contributed by atoms with van der Waals surface area (Å²) in [6, 6.07) is 8.77. The van der Waals surface area contributed by atoms with E-state index in [2.05, 4.69) is 33.2 Å². The number of anilines is 2. The van der Waals surface area contributed by atoms with Gasteiger partial charge in [0.05, 0.1) is 6.10 Å². The standard InChI is InChI=1S/C15H16BrFN2O/c1-3-10(2)20-13-6-4-5-12(8-13)19-15-14(17)7-11(16)9-18-15/h4-10H,3H2,1-2H3,(H,18,19). The van der Waals surface area contributed by atoms with Gasteiger partial charge in [0.1, 0.15) is 5.75 Å². The summed E-state index contributed by atoms with van der Waals surface area (Å²) < 4.78 is 20.1. The molecule has 1 unspecified atom stereocenters. The van der Waals surface area contributed by atoms with Crippen LogP contribution in [-0.2, 0) is 0 Å². The zero-order valence-electron chi connectivity index (χ0n) is 11.4. The summed E-state index contributed by atoms with van der Waals surface area (Å²) in [5.74, 6) is 0.531. The van der Waals surface area contributed by atoms with Crippen LogP contribution in [0.5, 0.6) is 5.75 Å². The molecule has 106 valence electrons. The number of hydrogen-bond donors (Lipinski definition) is 1. The fourth-order valence-corrected chi connectivity index (χ4v) is 1.91. The molecule has 0 aliphatic heterocycles. The monoisotopic (exact) mass is 338 g/mol. The van der Waals surface area contributed by atoms with E-state index in [0.29, 0.717) is 4.47 Å². The van der Waals surface area contributed by atoms with Crippen LogP contribution >= 0.6 is 15.9 Å². The van der Waals surface area contributed by atoms with Crippen LogP contribution in [0, 0.1) is 5.82 Å². The summed E-state index contributed by atoms with van der Waals surface area (Å²) in [4.78, 5) is 4.01. The molecule has 0 bridgehead atoms. The summed E-state index contributed by atoms with van der Waals surface area (Å²) >= 11 is 3.18. The minimum atomic E-state index is -0.410. The number of nitrogens with one attached hydrogen (secondary N) is 1. The number of ether oxygens (including phenoxy) is 1. The Balaban J connectivity index is 2.15. The third kappa shape index (κ3) is 3.93. The molecule has 20 heavy (non-hydrogen) atoms. The van der Waals surface area contributed by atoms with Crippen LogP contribution in [0.3, 0.4) is 0 Å². The van der Waals surface area contributed by atoms with Gasteiger partial charge in [0, 0.05) is 22.4 Å². The van der Waals surface area contributed by atoms with Gasteiger partial charge in [-0.15, -0.1) is 0 Å². The minimum Gasteiger partial charge on any atom is -0.491 e. The van der Waals surface area contributed by atoms with E-state index < -0.39 is 5.82 Å². The molecule has 0 fully saturated rings. The molecular formula is C15H16BrFN2O. The van der Waals surface area contributed by atoms with E-state index in [9.17, 15) is 4.39 Å². The number of pyridine rings is 1. The predicted molar refractivity (Wildman–Crippen MR) is 82.0 cm³/mol. The van der Waals surface area contributed by atoms with Crippen molar-refractivity contribution < 1.29 is 9.13 Å². The van der Waals surface area contributed by atoms with Gasteiger partial charge >= 0.3 is 0 Å². The lowest BCUT2D eigenvalue weighted by Crippen LogP contribution is -2.09. The predicted octanol–water partition coefficient (Wildman–Crippen LogP) is 4.90. The summed E-state index contributed by atoms with van der Waals surface area (Å²) in [6.45, 7) is 4.07. The van der Waals surface area contributed by atoms with Crippen LogP contribution in [0.4, 0.5) is 15.9 Å². The molecule has 0 spiro atoms. The smallest absolute Gasteiger partial charge is 0.166 e. The first-order valence-corrected chi connectivity index (χ1v) is 7.22. The fraction of sp³-hybridized carbons (Fsp3) is 0.267. The normalized spacial score (nSPS) is 12.0. The number of nitrogens with zero attached hydrogens (tertiary/aromatic N) is 1. The Bertz CT molecular complexity index is 592. The zero-order chi connectivity index (χ0) is 14.5. The molecule has 3 nitrogen and oxygen atoms in total. The molecule has 5 heteroatoms. The van der Waals surface area contributed by atoms with Crippen LogP contribution in [0.25, 0.3) is 0 Å². The third-order valence-corrected chi connectivity index (χ3v) is 3.25. The van der Waals surface area contributed by atoms with Gasteiger partial charge in [-0.2, -0.15) is 0 Å². The largest absolute Gasteiger partial charge is 0.491 e. The maximum absolute atomic E-state index is 13.7. The molecule has 0 radical (unpaired) electrons. The fourth-order valence-electron chi connectivity index (χ4n) is 1.61. The van der Waals surface area contributed by atoms with E-state index in [4.69, 9.17) is 4.74 Å². The van der Waals surface area contributed by atoms with Crippen molar-refractivity contribution in [3.05, 3.63) is 46.8 Å². The van der Waals surface area contributed by atoms with Gasteiger partial charge in [-0.05, 0) is 47.5 Å². The summed E-state index contributed by atoms with van der Waals surface area (Å²) in [6.07, 6.45) is 2.62. The Morgan fingerprint density at radius 2 is 2.20 bits per heavy atom. The van der Waals surface area contributed by atoms with Gasteiger partial charge in [0.25, 0.3) is 0 Å². The van der Waals surface area contributed by atoms with E-state index in [1.165, 1.54) is 6.07 Å². The van der Waals surface area contributed by atoms with Crippen LogP contribution < -0.4 is 10.1 Å². The molecule has 1 heterocycles. The van der Waals surface area contributed by atoms with Gasteiger partial charge in [0.2, 0.25) is 0 Å². The van der Waals surface area contributed by atoms with Crippen molar-refractivity contribution in [2.45, 2.75) is 26.4 Å². The lowest BCUT2D eigenvalue weighted by Gasteiger charge is -2.14. The van der Waals surface area contributed by atoms with Crippen molar-refractivity contribution in [3.8, 4) is 5.75 Å². The second-order valence-corrected chi connectivity index (χ2v) is 5.39. The van der Waals surface area contributed by atoms with Crippen LogP contribution in [0.15, 0.2) is 41.0 Å². The van der Waals surface area contributed by atoms with E-state index in [0.717, 1.165) is 17.9 Å². The summed E-state index contributed by atoms with van der Waals surface area (Å²) in [5, 5.41) is 2.94. The van der Waals surface area contributed by atoms with E-state index >= 15 is 0 Å². The molecule has 0 aliphatic carbocycles. The van der Waals surface area contributed by atoms with Gasteiger partial charge in [-0.3, -0.25) is 0 Å². The number of hydrogen-bond acceptors (Lipinski definition) is 3. The van der Waals surface area contributed by atoms with Crippen LogP contribution in [-0.4, -0.2) is 11.1 Å². The molecule has 1 atom stereocenters. The number of halogens is 2. The Morgan fingerprint density at radius 1 is 1.40 bits per heavy atom. The Kier molecular flexibility index (Phi) is 4.95. The van der Waals surface area contributed by atoms with Crippen molar-refractivity contribution in [1.82, 2.24) is 4.98 Å². The number of aromatic nitrogens is 1. The number of rotatable bonds is 5. The third-order valence-electron chi connectivity index (χ3n) is 2.82. The Morgan fingerprint density at radius 3 is 2.90 bits per heavy atom. The van der Waals surface area contributed by atoms with E-state index in [-0.39, 0.29) is 11.9 Å². The molecule has 1 aromatic heterocycles.